The number of benzene rings is 4. The Bertz CT molecular complexity index is 5290. The number of hydrogen-bond acceptors (Lipinski definition) is 23. The Kier molecular flexibility index (Phi) is 24.5. The Balaban J connectivity index is 0.000000143. The lowest BCUT2D eigenvalue weighted by atomic mass is 9.74. The molecule has 4 aromatic carbocycles. The number of nitriles is 3. The zero-order chi connectivity index (χ0) is 82.6. The third kappa shape index (κ3) is 17.3. The zero-order valence-corrected chi connectivity index (χ0v) is 67.7. The van der Waals surface area contributed by atoms with Gasteiger partial charge in [-0.2, -0.15) is 29.0 Å². The molecule has 8 aromatic rings. The van der Waals surface area contributed by atoms with Gasteiger partial charge in [0.1, 0.15) is 45.0 Å². The maximum Gasteiger partial charge on any atom is 0.417 e. The number of aromatic nitrogens is 2. The van der Waals surface area contributed by atoms with Crippen molar-refractivity contribution in [1.29, 1.82) is 15.8 Å². The summed E-state index contributed by atoms with van der Waals surface area (Å²) in [6, 6.07) is 37.0. The lowest BCUT2D eigenvalue weighted by molar-refractivity contribution is -0.138. The van der Waals surface area contributed by atoms with Crippen molar-refractivity contribution in [3.63, 3.8) is 0 Å². The van der Waals surface area contributed by atoms with Gasteiger partial charge in [0.05, 0.1) is 58.1 Å². The molecular weight excluding hydrogens is 1530 g/mol. The van der Waals surface area contributed by atoms with Crippen LogP contribution in [0.1, 0.15) is 164 Å². The number of carbonyl (C=O) groups is 4. The number of nitrogens with zero attached hydrogens (tertiary/aromatic N) is 14. The summed E-state index contributed by atoms with van der Waals surface area (Å²) in [7, 11) is 10.8. The Morgan fingerprint density at radius 3 is 1.87 bits per heavy atom. The molecule has 5 aliphatic heterocycles. The van der Waals surface area contributed by atoms with Crippen LogP contribution in [0.25, 0.3) is 33.5 Å². The highest BCUT2D eigenvalue weighted by Gasteiger charge is 2.52. The van der Waals surface area contributed by atoms with E-state index in [1.54, 1.807) is 92.9 Å². The third-order valence-corrected chi connectivity index (χ3v) is 26.2. The van der Waals surface area contributed by atoms with E-state index in [0.717, 1.165) is 64.6 Å². The molecule has 8 atom stereocenters. The number of likely N-dealkylation sites (N-methyl/N-ethyl adjacent to an activating group) is 3. The van der Waals surface area contributed by atoms with Crippen LogP contribution < -0.4 is 32.4 Å². The average molecular weight is 1620 g/mol. The van der Waals surface area contributed by atoms with E-state index < -0.39 is 57.5 Å². The van der Waals surface area contributed by atoms with Gasteiger partial charge in [-0.3, -0.25) is 43.8 Å². The fourth-order valence-electron chi connectivity index (χ4n) is 16.0. The summed E-state index contributed by atoms with van der Waals surface area (Å²) in [4.78, 5) is 88.5. The van der Waals surface area contributed by atoms with E-state index in [9.17, 15) is 47.3 Å². The van der Waals surface area contributed by atoms with Gasteiger partial charge >= 0.3 is 6.18 Å². The summed E-state index contributed by atoms with van der Waals surface area (Å²) in [5.74, 6) is 0.566. The number of hydrogen-bond donors (Lipinski definition) is 4. The van der Waals surface area contributed by atoms with E-state index in [-0.39, 0.29) is 60.1 Å². The molecule has 115 heavy (non-hydrogen) atoms. The monoisotopic (exact) mass is 1620 g/mol. The largest absolute Gasteiger partial charge is 0.454 e. The first-order chi connectivity index (χ1) is 54.7. The van der Waals surface area contributed by atoms with Gasteiger partial charge in [0, 0.05) is 66.7 Å². The molecule has 2 aliphatic carbocycles. The second-order valence-corrected chi connectivity index (χ2v) is 33.4. The first kappa shape index (κ1) is 83.0. The number of rotatable bonds is 14. The fourth-order valence-corrected chi connectivity index (χ4v) is 19.0. The van der Waals surface area contributed by atoms with E-state index in [4.69, 9.17) is 52.6 Å². The molecule has 0 bridgehead atoms. The minimum atomic E-state index is -4.54. The van der Waals surface area contributed by atoms with Gasteiger partial charge in [-0.25, -0.2) is 29.3 Å². The number of alkyl halides is 3. The molecule has 4 amide bonds. The number of ether oxygens (including phenoxy) is 2. The summed E-state index contributed by atoms with van der Waals surface area (Å²) in [5, 5.41) is 33.6. The number of halogens is 4. The second kappa shape index (κ2) is 33.9. The van der Waals surface area contributed by atoms with Gasteiger partial charge in [-0.15, -0.1) is 34.0 Å². The fraction of sp³-hybridized carbons (Fsp3) is 0.393. The lowest BCUT2D eigenvalue weighted by Gasteiger charge is -2.39. The van der Waals surface area contributed by atoms with Crippen LogP contribution in [0.5, 0.6) is 11.5 Å². The number of amides is 4. The Hall–Kier alpha value is -11.4. The van der Waals surface area contributed by atoms with E-state index in [1.807, 2.05) is 67.1 Å². The molecule has 0 radical (unpaired) electrons. The van der Waals surface area contributed by atoms with Crippen LogP contribution in [0.4, 0.5) is 17.6 Å². The van der Waals surface area contributed by atoms with Crippen molar-refractivity contribution in [3.05, 3.63) is 186 Å². The number of fused-ring (bicyclic) bond motifs is 1. The molecule has 8 N–H and O–H groups in total. The number of thiophene rings is 2. The number of pyridine rings is 1. The first-order valence-corrected chi connectivity index (χ1v) is 40.3. The van der Waals surface area contributed by atoms with Crippen LogP contribution in [0.2, 0.25) is 0 Å². The van der Waals surface area contributed by atoms with Crippen LogP contribution in [0, 0.1) is 51.6 Å². The van der Waals surface area contributed by atoms with Crippen molar-refractivity contribution in [2.75, 3.05) is 49.1 Å². The summed E-state index contributed by atoms with van der Waals surface area (Å²) in [6.07, 6.45) is 10.9. The highest BCUT2D eigenvalue weighted by molar-refractivity contribution is 7.11. The van der Waals surface area contributed by atoms with Crippen molar-refractivity contribution >= 4 is 81.5 Å². The smallest absolute Gasteiger partial charge is 0.417 e. The quantitative estimate of drug-likeness (QED) is 0.0735. The molecule has 24 nitrogen and oxygen atoms in total. The van der Waals surface area contributed by atoms with Gasteiger partial charge in [-0.1, -0.05) is 87.4 Å². The predicted molar refractivity (Wildman–Crippen MR) is 435 cm³/mol. The SMILES string of the molecule is CN1C(=O)C[C@@](C)(c2cc(-c3cccc(C#N)c3F)cs2)N=C1N.CN1C(=O)[C@@](CCC2CCCCC2)(C[C@H]2CCC[C@@H](N(C)C)C2)N=C1N.CN1C(=O)[C@H](c2ccc(C(F)(F)F)cn2)[C@@](C)(c2cc(-c3cccc(C#N)c3)cs2)N=C1N.CN1C(=O)[C@H](c2ccc3c(c2)OCO3)[C@@](C)(c2nc(-c3cccc(C#N)c3)cs2)N=C1N. The minimum Gasteiger partial charge on any atom is -0.454 e. The molecular formula is C84H90F4N18O6S3. The topological polar surface area (TPSA) is 354 Å². The Labute approximate surface area is 677 Å². The van der Waals surface area contributed by atoms with E-state index >= 15 is 0 Å². The van der Waals surface area contributed by atoms with Gasteiger partial charge in [-0.05, 0) is 179 Å². The molecule has 4 aromatic heterocycles. The first-order valence-electron chi connectivity index (χ1n) is 37.7. The molecule has 7 aliphatic rings. The van der Waals surface area contributed by atoms with Gasteiger partial charge in [0.15, 0.2) is 35.3 Å². The number of carbonyl (C=O) groups excluding carboxylic acids is 4. The van der Waals surface area contributed by atoms with Crippen molar-refractivity contribution in [3.8, 4) is 63.2 Å². The summed E-state index contributed by atoms with van der Waals surface area (Å²) >= 11 is 4.15. The molecule has 0 unspecified atom stereocenters. The van der Waals surface area contributed by atoms with E-state index in [2.05, 4.69) is 46.1 Å². The molecule has 31 heteroatoms. The van der Waals surface area contributed by atoms with Crippen LogP contribution >= 0.6 is 34.0 Å². The molecule has 0 saturated heterocycles. The zero-order valence-electron chi connectivity index (χ0n) is 65.2. The standard InChI is InChI=1S/C23H18F3N5OS.C23H19N5O3S.C21H38N4O.C17H15FN4OS/c1-22(18-9-15(12-33-18)14-5-3-4-13(8-14)10-27)19(20(32)31(2)21(28)30-22)17-7-6-16(11-29-17)23(24,25)26;1-23(21-26-16(11-32-21)14-5-3-4-13(8-14)10-24)19(20(29)28(2)22(25)27-23)15-6-7-17-18(9-15)31-12-30-17;1-24(2)18-11-7-10-17(14-18)15-21(19(26)25(3)20(22)23-21)13-12-16-8-5-4-6-9-16;1-17(7-14(23)22(2)16(20)21-17)13-6-11(9-24-13)12-5-3-4-10(8-19)15(12)18/h3-9,11-12,19H,1-2H3,(H2,28,30);3-9,11,19H,12H2,1-2H3,(H2,25,27);16-18H,4-15H2,1-3H3,(H2,22,23);3-6,9H,7H2,1-2H3,(H2,20,21)/t19-,22+;19-,23-;17-,18+,21+;17-/m0000/s1. The van der Waals surface area contributed by atoms with Gasteiger partial charge in [0.2, 0.25) is 24.5 Å². The molecule has 598 valence electrons. The molecule has 2 saturated carbocycles. The number of thiazole rings is 1. The summed E-state index contributed by atoms with van der Waals surface area (Å²) < 4.78 is 64.3. The summed E-state index contributed by atoms with van der Waals surface area (Å²) in [6.45, 7) is 5.57. The van der Waals surface area contributed by atoms with Crippen LogP contribution in [-0.4, -0.2) is 143 Å². The number of nitrogens with two attached hydrogens (primary N) is 4. The Morgan fingerprint density at radius 1 is 0.609 bits per heavy atom. The van der Waals surface area contributed by atoms with Crippen LogP contribution in [0.3, 0.4) is 0 Å². The van der Waals surface area contributed by atoms with Gasteiger partial charge in [0.25, 0.3) is 5.91 Å². The normalized spacial score (nSPS) is 24.1. The lowest BCUT2D eigenvalue weighted by Crippen LogP contribution is -2.52. The van der Waals surface area contributed by atoms with Crippen molar-refractivity contribution in [2.24, 2.45) is 54.7 Å². The molecule has 9 heterocycles. The van der Waals surface area contributed by atoms with Crippen LogP contribution in [-0.2, 0) is 42.0 Å². The van der Waals surface area contributed by atoms with Crippen molar-refractivity contribution < 1.29 is 46.2 Å². The van der Waals surface area contributed by atoms with E-state index in [1.165, 1.54) is 126 Å². The summed E-state index contributed by atoms with van der Waals surface area (Å²) in [5.41, 5.74) is 25.8. The predicted octanol–water partition coefficient (Wildman–Crippen LogP) is 13.9. The minimum absolute atomic E-state index is 0.00296. The second-order valence-electron chi connectivity index (χ2n) is 30.7. The van der Waals surface area contributed by atoms with Crippen molar-refractivity contribution in [2.45, 2.75) is 150 Å². The maximum absolute atomic E-state index is 14.4. The highest BCUT2D eigenvalue weighted by Crippen LogP contribution is 2.51. The highest BCUT2D eigenvalue weighted by atomic mass is 32.1. The molecule has 0 spiro atoms. The molecule has 2 fully saturated rings. The van der Waals surface area contributed by atoms with Crippen molar-refractivity contribution in [1.82, 2.24) is 34.5 Å². The molecule has 15 rings (SSSR count). The van der Waals surface area contributed by atoms with Crippen LogP contribution in [0.15, 0.2) is 152 Å². The third-order valence-electron chi connectivity index (χ3n) is 22.8. The Morgan fingerprint density at radius 2 is 1.23 bits per heavy atom. The number of aliphatic imine (C=N–C) groups is 4. The van der Waals surface area contributed by atoms with E-state index in [0.29, 0.717) is 67.3 Å². The number of guanidine groups is 4. The maximum atomic E-state index is 14.4. The average Bonchev–Trinajstić information content (AvgIpc) is 1.73. The van der Waals surface area contributed by atoms with Gasteiger partial charge < -0.3 is 37.3 Å².